The molecule has 10 heteroatoms. The highest BCUT2D eigenvalue weighted by Crippen LogP contribution is 2.33. The molecule has 4 heterocycles. The third-order valence-electron chi connectivity index (χ3n) is 6.44. The number of nitrogens with zero attached hydrogens (tertiary/aromatic N) is 4. The van der Waals surface area contributed by atoms with Gasteiger partial charge in [0, 0.05) is 39.3 Å². The third-order valence-corrected chi connectivity index (χ3v) is 7.30. The monoisotopic (exact) mass is 484 g/mol. The number of benzene rings is 1. The zero-order chi connectivity index (χ0) is 23.5. The van der Waals surface area contributed by atoms with E-state index in [0.29, 0.717) is 64.8 Å². The van der Waals surface area contributed by atoms with Crippen LogP contribution in [0.2, 0.25) is 0 Å². The van der Waals surface area contributed by atoms with Gasteiger partial charge in [-0.2, -0.15) is 0 Å². The first-order chi connectivity index (χ1) is 16.6. The van der Waals surface area contributed by atoms with Crippen LogP contribution in [0.1, 0.15) is 9.67 Å². The summed E-state index contributed by atoms with van der Waals surface area (Å²) >= 11 is 1.43. The Morgan fingerprint density at radius 1 is 0.882 bits per heavy atom. The van der Waals surface area contributed by atoms with E-state index in [4.69, 9.17) is 9.47 Å². The fourth-order valence-corrected chi connectivity index (χ4v) is 5.24. The third kappa shape index (κ3) is 4.74. The van der Waals surface area contributed by atoms with Crippen LogP contribution in [0.15, 0.2) is 41.8 Å². The Hall–Kier alpha value is -3.11. The Labute approximate surface area is 202 Å². The van der Waals surface area contributed by atoms with Gasteiger partial charge in [0.25, 0.3) is 11.8 Å². The molecule has 3 aliphatic rings. The second-order valence-electron chi connectivity index (χ2n) is 8.54. The molecule has 3 amide bonds. The van der Waals surface area contributed by atoms with E-state index < -0.39 is 6.10 Å². The highest BCUT2D eigenvalue weighted by Gasteiger charge is 2.35. The molecule has 2 fully saturated rings. The van der Waals surface area contributed by atoms with Crippen molar-refractivity contribution in [1.82, 2.24) is 14.7 Å². The first kappa shape index (κ1) is 22.7. The molecule has 1 aromatic carbocycles. The maximum atomic E-state index is 13.2. The Balaban J connectivity index is 1.22. The van der Waals surface area contributed by atoms with Gasteiger partial charge in [0.2, 0.25) is 5.91 Å². The van der Waals surface area contributed by atoms with Gasteiger partial charge in [-0.3, -0.25) is 14.4 Å². The number of carbonyl (C=O) groups excluding carboxylic acids is 3. The lowest BCUT2D eigenvalue weighted by Crippen LogP contribution is -2.56. The molecule has 5 rings (SSSR count). The van der Waals surface area contributed by atoms with E-state index in [0.717, 1.165) is 10.6 Å². The van der Waals surface area contributed by atoms with Gasteiger partial charge in [0.1, 0.15) is 5.75 Å². The second kappa shape index (κ2) is 10.0. The second-order valence-corrected chi connectivity index (χ2v) is 9.49. The number of hydrogen-bond acceptors (Lipinski definition) is 7. The van der Waals surface area contributed by atoms with Gasteiger partial charge in [-0.1, -0.05) is 18.2 Å². The molecular formula is C24H28N4O5S. The summed E-state index contributed by atoms with van der Waals surface area (Å²) < 4.78 is 11.4. The van der Waals surface area contributed by atoms with Gasteiger partial charge >= 0.3 is 0 Å². The molecule has 1 atom stereocenters. The molecule has 9 nitrogen and oxygen atoms in total. The number of ether oxygens (including phenoxy) is 2. The van der Waals surface area contributed by atoms with Crippen molar-refractivity contribution in [2.24, 2.45) is 0 Å². The maximum absolute atomic E-state index is 13.2. The highest BCUT2D eigenvalue weighted by molar-refractivity contribution is 7.12. The molecule has 180 valence electrons. The molecule has 0 spiro atoms. The standard InChI is InChI=1S/C24H28N4O5S/c29-22(25-7-9-26(10-8-25)24(31)21-6-3-15-34-21)17-28-16-20(23(30)27-11-13-32-14-12-27)33-19-5-2-1-4-18(19)28/h1-6,15,20H,7-14,16-17H2/t20-/m0/s1. The van der Waals surface area contributed by atoms with Crippen molar-refractivity contribution in [3.05, 3.63) is 46.7 Å². The number of carbonyl (C=O) groups is 3. The number of thiophene rings is 1. The van der Waals surface area contributed by atoms with E-state index in [9.17, 15) is 14.4 Å². The lowest BCUT2D eigenvalue weighted by Gasteiger charge is -2.39. The van der Waals surface area contributed by atoms with E-state index in [2.05, 4.69) is 0 Å². The molecule has 2 aromatic rings. The lowest BCUT2D eigenvalue weighted by molar-refractivity contribution is -0.143. The van der Waals surface area contributed by atoms with Crippen molar-refractivity contribution in [3.8, 4) is 5.75 Å². The minimum Gasteiger partial charge on any atom is -0.477 e. The Kier molecular flexibility index (Phi) is 6.68. The number of anilines is 1. The van der Waals surface area contributed by atoms with Crippen LogP contribution in [0, 0.1) is 0 Å². The van der Waals surface area contributed by atoms with Gasteiger partial charge in [0.05, 0.1) is 36.9 Å². The normalized spacial score (nSPS) is 20.5. The lowest BCUT2D eigenvalue weighted by atomic mass is 10.1. The molecular weight excluding hydrogens is 456 g/mol. The van der Waals surface area contributed by atoms with Gasteiger partial charge in [0.15, 0.2) is 6.10 Å². The molecule has 3 aliphatic heterocycles. The summed E-state index contributed by atoms with van der Waals surface area (Å²) in [7, 11) is 0. The van der Waals surface area contributed by atoms with Gasteiger partial charge in [-0.15, -0.1) is 11.3 Å². The summed E-state index contributed by atoms with van der Waals surface area (Å²) in [5.41, 5.74) is 0.813. The number of rotatable bonds is 4. The highest BCUT2D eigenvalue weighted by atomic mass is 32.1. The van der Waals surface area contributed by atoms with E-state index in [1.54, 1.807) is 14.7 Å². The molecule has 0 bridgehead atoms. The van der Waals surface area contributed by atoms with Gasteiger partial charge in [-0.25, -0.2) is 0 Å². The van der Waals surface area contributed by atoms with Crippen molar-refractivity contribution in [1.29, 1.82) is 0 Å². The van der Waals surface area contributed by atoms with Crippen molar-refractivity contribution in [2.75, 3.05) is 70.5 Å². The van der Waals surface area contributed by atoms with Gasteiger partial charge in [-0.05, 0) is 23.6 Å². The molecule has 0 unspecified atom stereocenters. The summed E-state index contributed by atoms with van der Waals surface area (Å²) in [6, 6.07) is 11.2. The van der Waals surface area contributed by atoms with E-state index in [1.807, 2.05) is 46.7 Å². The molecule has 0 saturated carbocycles. The summed E-state index contributed by atoms with van der Waals surface area (Å²) in [5, 5.41) is 1.89. The molecule has 1 aromatic heterocycles. The SMILES string of the molecule is O=C(CN1C[C@@H](C(=O)N2CCOCC2)Oc2ccccc21)N1CCN(C(=O)c2cccs2)CC1. The predicted octanol–water partition coefficient (Wildman–Crippen LogP) is 1.16. The molecule has 0 radical (unpaired) electrons. The minimum atomic E-state index is -0.666. The van der Waals surface area contributed by atoms with Crippen LogP contribution >= 0.6 is 11.3 Å². The van der Waals surface area contributed by atoms with Crippen molar-refractivity contribution < 1.29 is 23.9 Å². The maximum Gasteiger partial charge on any atom is 0.265 e. The Morgan fingerprint density at radius 3 is 2.35 bits per heavy atom. The molecule has 0 aliphatic carbocycles. The van der Waals surface area contributed by atoms with Crippen LogP contribution in [0.5, 0.6) is 5.75 Å². The molecule has 34 heavy (non-hydrogen) atoms. The summed E-state index contributed by atoms with van der Waals surface area (Å²) in [6.45, 7) is 4.65. The first-order valence-electron chi connectivity index (χ1n) is 11.6. The fraction of sp³-hybridized carbons (Fsp3) is 0.458. The van der Waals surface area contributed by atoms with Crippen LogP contribution in [-0.2, 0) is 14.3 Å². The summed E-state index contributed by atoms with van der Waals surface area (Å²) in [5.74, 6) is 0.543. The fourth-order valence-electron chi connectivity index (χ4n) is 4.55. The first-order valence-corrected chi connectivity index (χ1v) is 12.5. The number of fused-ring (bicyclic) bond motifs is 1. The molecule has 2 saturated heterocycles. The Morgan fingerprint density at radius 2 is 1.62 bits per heavy atom. The van der Waals surface area contributed by atoms with Crippen LogP contribution in [-0.4, -0.2) is 104 Å². The average Bonchev–Trinajstić information content (AvgIpc) is 3.43. The van der Waals surface area contributed by atoms with Crippen LogP contribution in [0.4, 0.5) is 5.69 Å². The molecule has 0 N–H and O–H groups in total. The predicted molar refractivity (Wildman–Crippen MR) is 127 cm³/mol. The average molecular weight is 485 g/mol. The zero-order valence-corrected chi connectivity index (χ0v) is 19.7. The van der Waals surface area contributed by atoms with Crippen molar-refractivity contribution >= 4 is 34.7 Å². The summed E-state index contributed by atoms with van der Waals surface area (Å²) in [4.78, 5) is 46.9. The van der Waals surface area contributed by atoms with E-state index in [1.165, 1.54) is 11.3 Å². The summed E-state index contributed by atoms with van der Waals surface area (Å²) in [6.07, 6.45) is -0.666. The number of amides is 3. The minimum absolute atomic E-state index is 0.0162. The number of hydrogen-bond donors (Lipinski definition) is 0. The van der Waals surface area contributed by atoms with Crippen molar-refractivity contribution in [2.45, 2.75) is 6.10 Å². The largest absolute Gasteiger partial charge is 0.477 e. The van der Waals surface area contributed by atoms with E-state index >= 15 is 0 Å². The van der Waals surface area contributed by atoms with Crippen LogP contribution < -0.4 is 9.64 Å². The number of piperazine rings is 1. The zero-order valence-electron chi connectivity index (χ0n) is 18.9. The number of morpholine rings is 1. The Bertz CT molecular complexity index is 1030. The quantitative estimate of drug-likeness (QED) is 0.648. The smallest absolute Gasteiger partial charge is 0.265 e. The van der Waals surface area contributed by atoms with Crippen molar-refractivity contribution in [3.63, 3.8) is 0 Å². The number of para-hydroxylation sites is 2. The topological polar surface area (TPSA) is 82.6 Å². The van der Waals surface area contributed by atoms with Crippen LogP contribution in [0.3, 0.4) is 0 Å². The van der Waals surface area contributed by atoms with Gasteiger partial charge < -0.3 is 29.1 Å². The van der Waals surface area contributed by atoms with E-state index in [-0.39, 0.29) is 24.3 Å². The van der Waals surface area contributed by atoms with Crippen LogP contribution in [0.25, 0.3) is 0 Å².